The molecule has 1 aliphatic rings. The summed E-state index contributed by atoms with van der Waals surface area (Å²) in [7, 11) is 1.74. The highest BCUT2D eigenvalue weighted by molar-refractivity contribution is 4.94. The van der Waals surface area contributed by atoms with Gasteiger partial charge in [0, 0.05) is 26.8 Å². The monoisotopic (exact) mass is 201 g/mol. The van der Waals surface area contributed by atoms with E-state index in [2.05, 4.69) is 11.8 Å². The Kier molecular flexibility index (Phi) is 4.85. The van der Waals surface area contributed by atoms with Crippen molar-refractivity contribution in [2.75, 3.05) is 33.4 Å². The highest BCUT2D eigenvalue weighted by atomic mass is 16.5. The van der Waals surface area contributed by atoms with Crippen molar-refractivity contribution in [1.29, 1.82) is 0 Å². The van der Waals surface area contributed by atoms with Crippen LogP contribution in [-0.4, -0.2) is 49.0 Å². The molecule has 0 bridgehead atoms. The number of β-amino-alcohol motifs (C(OH)–C–C–N with tert-alkyl or cyclic N) is 1. The minimum absolute atomic E-state index is 0.365. The van der Waals surface area contributed by atoms with Crippen LogP contribution in [0.25, 0.3) is 0 Å². The lowest BCUT2D eigenvalue weighted by atomic mass is 9.89. The number of methoxy groups -OCH3 is 1. The number of nitrogens with zero attached hydrogens (tertiary/aromatic N) is 1. The Morgan fingerprint density at radius 1 is 1.36 bits per heavy atom. The summed E-state index contributed by atoms with van der Waals surface area (Å²) in [6.45, 7) is 5.82. The molecule has 0 radical (unpaired) electrons. The highest BCUT2D eigenvalue weighted by Crippen LogP contribution is 2.25. The Morgan fingerprint density at radius 2 is 2.07 bits per heavy atom. The predicted octanol–water partition coefficient (Wildman–Crippen LogP) is 1.26. The summed E-state index contributed by atoms with van der Waals surface area (Å²) in [6.07, 6.45) is 4.32. The van der Waals surface area contributed by atoms with E-state index in [0.29, 0.717) is 0 Å². The Morgan fingerprint density at radius 3 is 2.64 bits per heavy atom. The van der Waals surface area contributed by atoms with Gasteiger partial charge in [0.05, 0.1) is 5.60 Å². The van der Waals surface area contributed by atoms with Gasteiger partial charge < -0.3 is 9.84 Å². The molecule has 1 fully saturated rings. The van der Waals surface area contributed by atoms with E-state index in [1.165, 1.54) is 6.42 Å². The van der Waals surface area contributed by atoms with E-state index in [9.17, 15) is 5.11 Å². The zero-order valence-electron chi connectivity index (χ0n) is 9.46. The summed E-state index contributed by atoms with van der Waals surface area (Å²) in [5.74, 6) is 0. The SMILES string of the molecule is CCCC1(O)CN(CCCCOC)C1. The Hall–Kier alpha value is -0.120. The maximum atomic E-state index is 9.92. The lowest BCUT2D eigenvalue weighted by molar-refractivity contribution is -0.103. The zero-order chi connectivity index (χ0) is 10.4. The van der Waals surface area contributed by atoms with E-state index in [1.54, 1.807) is 7.11 Å². The second-order valence-corrected chi connectivity index (χ2v) is 4.38. The van der Waals surface area contributed by atoms with Crippen molar-refractivity contribution in [1.82, 2.24) is 4.90 Å². The van der Waals surface area contributed by atoms with Crippen LogP contribution in [0.2, 0.25) is 0 Å². The van der Waals surface area contributed by atoms with Crippen LogP contribution in [-0.2, 0) is 4.74 Å². The number of unbranched alkanes of at least 4 members (excludes halogenated alkanes) is 1. The van der Waals surface area contributed by atoms with Gasteiger partial charge >= 0.3 is 0 Å². The number of aliphatic hydroxyl groups is 1. The van der Waals surface area contributed by atoms with Crippen molar-refractivity contribution in [2.45, 2.75) is 38.2 Å². The molecule has 0 aromatic heterocycles. The average molecular weight is 201 g/mol. The van der Waals surface area contributed by atoms with Crippen LogP contribution in [0, 0.1) is 0 Å². The van der Waals surface area contributed by atoms with E-state index in [4.69, 9.17) is 4.74 Å². The minimum atomic E-state index is -0.365. The molecule has 84 valence electrons. The number of likely N-dealkylation sites (tertiary alicyclic amines) is 1. The summed E-state index contributed by atoms with van der Waals surface area (Å²) < 4.78 is 4.99. The minimum Gasteiger partial charge on any atom is -0.387 e. The van der Waals surface area contributed by atoms with Crippen LogP contribution in [0.1, 0.15) is 32.6 Å². The van der Waals surface area contributed by atoms with Gasteiger partial charge in [-0.15, -0.1) is 0 Å². The van der Waals surface area contributed by atoms with Gasteiger partial charge in [-0.3, -0.25) is 4.90 Å². The van der Waals surface area contributed by atoms with Gasteiger partial charge in [-0.1, -0.05) is 13.3 Å². The molecule has 1 rings (SSSR count). The van der Waals surface area contributed by atoms with Crippen LogP contribution in [0.4, 0.5) is 0 Å². The first-order valence-electron chi connectivity index (χ1n) is 5.64. The van der Waals surface area contributed by atoms with Gasteiger partial charge in [0.1, 0.15) is 0 Å². The van der Waals surface area contributed by atoms with E-state index >= 15 is 0 Å². The van der Waals surface area contributed by atoms with Gasteiger partial charge in [-0.2, -0.15) is 0 Å². The highest BCUT2D eigenvalue weighted by Gasteiger charge is 2.39. The molecule has 0 aromatic rings. The quantitative estimate of drug-likeness (QED) is 0.629. The summed E-state index contributed by atoms with van der Waals surface area (Å²) in [4.78, 5) is 2.32. The largest absolute Gasteiger partial charge is 0.387 e. The first-order valence-corrected chi connectivity index (χ1v) is 5.64. The summed E-state index contributed by atoms with van der Waals surface area (Å²) >= 11 is 0. The zero-order valence-corrected chi connectivity index (χ0v) is 9.46. The Labute approximate surface area is 87.1 Å². The van der Waals surface area contributed by atoms with Crippen LogP contribution in [0.3, 0.4) is 0 Å². The van der Waals surface area contributed by atoms with Crippen molar-refractivity contribution in [3.05, 3.63) is 0 Å². The van der Waals surface area contributed by atoms with E-state index in [-0.39, 0.29) is 5.60 Å². The third-order valence-corrected chi connectivity index (χ3v) is 2.82. The summed E-state index contributed by atoms with van der Waals surface area (Å²) in [5.41, 5.74) is -0.365. The lowest BCUT2D eigenvalue weighted by Gasteiger charge is -2.46. The molecular formula is C11H23NO2. The standard InChI is InChI=1S/C11H23NO2/c1-3-6-11(13)9-12(10-11)7-4-5-8-14-2/h13H,3-10H2,1-2H3. The molecule has 0 unspecified atom stereocenters. The molecule has 0 aliphatic carbocycles. The second kappa shape index (κ2) is 5.69. The van der Waals surface area contributed by atoms with Gasteiger partial charge in [-0.25, -0.2) is 0 Å². The van der Waals surface area contributed by atoms with Crippen LogP contribution in [0.5, 0.6) is 0 Å². The number of hydrogen-bond donors (Lipinski definition) is 1. The predicted molar refractivity (Wildman–Crippen MR) is 57.4 cm³/mol. The van der Waals surface area contributed by atoms with E-state index < -0.39 is 0 Å². The first-order chi connectivity index (χ1) is 6.70. The molecule has 14 heavy (non-hydrogen) atoms. The van der Waals surface area contributed by atoms with E-state index in [0.717, 1.165) is 45.5 Å². The molecule has 3 heteroatoms. The first kappa shape index (κ1) is 12.0. The molecule has 1 heterocycles. The van der Waals surface area contributed by atoms with Crippen LogP contribution < -0.4 is 0 Å². The van der Waals surface area contributed by atoms with E-state index in [1.807, 2.05) is 0 Å². The summed E-state index contributed by atoms with van der Waals surface area (Å²) in [6, 6.07) is 0. The smallest absolute Gasteiger partial charge is 0.0900 e. The third-order valence-electron chi connectivity index (χ3n) is 2.82. The molecule has 1 saturated heterocycles. The van der Waals surface area contributed by atoms with Crippen molar-refractivity contribution in [2.24, 2.45) is 0 Å². The molecular weight excluding hydrogens is 178 g/mol. The number of hydrogen-bond acceptors (Lipinski definition) is 3. The van der Waals surface area contributed by atoms with Crippen LogP contribution in [0.15, 0.2) is 0 Å². The molecule has 0 spiro atoms. The topological polar surface area (TPSA) is 32.7 Å². The number of rotatable bonds is 7. The fourth-order valence-electron chi connectivity index (χ4n) is 2.15. The van der Waals surface area contributed by atoms with Crippen molar-refractivity contribution < 1.29 is 9.84 Å². The molecule has 0 amide bonds. The Bertz CT molecular complexity index is 155. The van der Waals surface area contributed by atoms with Crippen molar-refractivity contribution >= 4 is 0 Å². The fourth-order valence-corrected chi connectivity index (χ4v) is 2.15. The number of ether oxygens (including phenoxy) is 1. The van der Waals surface area contributed by atoms with Gasteiger partial charge in [-0.05, 0) is 25.8 Å². The molecule has 3 nitrogen and oxygen atoms in total. The molecule has 1 aliphatic heterocycles. The average Bonchev–Trinajstić information content (AvgIpc) is 2.10. The fraction of sp³-hybridized carbons (Fsp3) is 1.00. The van der Waals surface area contributed by atoms with Crippen molar-refractivity contribution in [3.8, 4) is 0 Å². The summed E-state index contributed by atoms with van der Waals surface area (Å²) in [5, 5.41) is 9.92. The van der Waals surface area contributed by atoms with Gasteiger partial charge in [0.15, 0.2) is 0 Å². The molecule has 0 aromatic carbocycles. The maximum Gasteiger partial charge on any atom is 0.0900 e. The van der Waals surface area contributed by atoms with Crippen LogP contribution >= 0.6 is 0 Å². The molecule has 0 saturated carbocycles. The second-order valence-electron chi connectivity index (χ2n) is 4.38. The van der Waals surface area contributed by atoms with Gasteiger partial charge in [0.2, 0.25) is 0 Å². The Balaban J connectivity index is 1.98. The van der Waals surface area contributed by atoms with Crippen molar-refractivity contribution in [3.63, 3.8) is 0 Å². The lowest BCUT2D eigenvalue weighted by Crippen LogP contribution is -2.61. The molecule has 0 atom stereocenters. The molecule has 1 N–H and O–H groups in total. The normalized spacial score (nSPS) is 20.8. The third kappa shape index (κ3) is 3.56. The maximum absolute atomic E-state index is 9.92. The van der Waals surface area contributed by atoms with Gasteiger partial charge in [0.25, 0.3) is 0 Å².